The number of hydrogen-bond acceptors (Lipinski definition) is 7. The zero-order valence-corrected chi connectivity index (χ0v) is 22.0. The lowest BCUT2D eigenvalue weighted by molar-refractivity contribution is -0.141. The second kappa shape index (κ2) is 9.68. The minimum atomic E-state index is -4.60. The fourth-order valence-corrected chi connectivity index (χ4v) is 5.56. The van der Waals surface area contributed by atoms with E-state index in [-0.39, 0.29) is 17.6 Å². The van der Waals surface area contributed by atoms with Crippen LogP contribution in [0.1, 0.15) is 42.7 Å². The normalized spacial score (nSPS) is 20.7. The highest BCUT2D eigenvalue weighted by atomic mass is 19.4. The number of benzene rings is 1. The van der Waals surface area contributed by atoms with Gasteiger partial charge in [0.05, 0.1) is 43.2 Å². The number of alkyl halides is 3. The number of aromatic nitrogens is 6. The van der Waals surface area contributed by atoms with Crippen molar-refractivity contribution in [2.45, 2.75) is 44.0 Å². The van der Waals surface area contributed by atoms with Crippen molar-refractivity contribution in [1.29, 1.82) is 0 Å². The van der Waals surface area contributed by atoms with Crippen LogP contribution >= 0.6 is 0 Å². The third kappa shape index (κ3) is 4.70. The zero-order chi connectivity index (χ0) is 27.4. The molecule has 0 aliphatic carbocycles. The number of fused-ring (bicyclic) bond motifs is 1. The molecule has 0 radical (unpaired) electrons. The van der Waals surface area contributed by atoms with E-state index in [2.05, 4.69) is 30.3 Å². The van der Waals surface area contributed by atoms with Gasteiger partial charge >= 0.3 is 6.18 Å². The van der Waals surface area contributed by atoms with Gasteiger partial charge < -0.3 is 14.0 Å². The van der Waals surface area contributed by atoms with Gasteiger partial charge in [0.1, 0.15) is 23.5 Å². The van der Waals surface area contributed by atoms with Crippen molar-refractivity contribution in [2.75, 3.05) is 32.9 Å². The summed E-state index contributed by atoms with van der Waals surface area (Å²) in [5.74, 6) is 0.839. The summed E-state index contributed by atoms with van der Waals surface area (Å²) in [6, 6.07) is 8.53. The summed E-state index contributed by atoms with van der Waals surface area (Å²) in [4.78, 5) is 6.20. The summed E-state index contributed by atoms with van der Waals surface area (Å²) in [5.41, 5.74) is 1.81. The molecule has 2 fully saturated rings. The standard InChI is InChI=1S/C27H30F3N7O2/c1-16-12-37(7-8-39-16)17(2)23-25-20(10-21(32-23)27(28,29)30)24(34-35-25)18-5-4-6-19(9-18)26(13-38-14-26)11-22-33-31-15-36(22)3/h4-6,9-10,15-17H,7-8,11-14H2,1-3H3,(H,34,35)/t16-,17-/m0/s1. The fourth-order valence-electron chi connectivity index (χ4n) is 5.56. The van der Waals surface area contributed by atoms with Gasteiger partial charge in [-0.15, -0.1) is 10.2 Å². The molecule has 1 aromatic carbocycles. The zero-order valence-electron chi connectivity index (χ0n) is 22.0. The van der Waals surface area contributed by atoms with Crippen LogP contribution in [-0.4, -0.2) is 73.9 Å². The minimum absolute atomic E-state index is 0.00749. The van der Waals surface area contributed by atoms with Crippen LogP contribution in [0.25, 0.3) is 22.2 Å². The van der Waals surface area contributed by atoms with E-state index in [9.17, 15) is 13.2 Å². The fraction of sp³-hybridized carbons (Fsp3) is 0.481. The van der Waals surface area contributed by atoms with Crippen molar-refractivity contribution >= 4 is 10.9 Å². The molecule has 1 N–H and O–H groups in total. The number of pyridine rings is 1. The molecular formula is C27H30F3N7O2. The number of nitrogens with one attached hydrogen (secondary N) is 1. The molecule has 206 valence electrons. The first-order valence-corrected chi connectivity index (χ1v) is 13.0. The highest BCUT2D eigenvalue weighted by Gasteiger charge is 2.42. The van der Waals surface area contributed by atoms with Crippen LogP contribution in [0.5, 0.6) is 0 Å². The highest BCUT2D eigenvalue weighted by Crippen LogP contribution is 2.40. The first-order valence-electron chi connectivity index (χ1n) is 13.0. The molecular weight excluding hydrogens is 511 g/mol. The average Bonchev–Trinajstić information content (AvgIpc) is 3.50. The molecule has 39 heavy (non-hydrogen) atoms. The third-order valence-corrected chi connectivity index (χ3v) is 7.90. The van der Waals surface area contributed by atoms with E-state index in [1.54, 1.807) is 6.33 Å². The Hall–Kier alpha value is -3.35. The maximum absolute atomic E-state index is 14.0. The van der Waals surface area contributed by atoms with Crippen LogP contribution in [0, 0.1) is 0 Å². The van der Waals surface area contributed by atoms with Gasteiger partial charge in [-0.3, -0.25) is 10.00 Å². The molecule has 2 aliphatic rings. The van der Waals surface area contributed by atoms with E-state index in [1.165, 1.54) is 0 Å². The third-order valence-electron chi connectivity index (χ3n) is 7.90. The van der Waals surface area contributed by atoms with Crippen molar-refractivity contribution in [1.82, 2.24) is 34.8 Å². The van der Waals surface area contributed by atoms with Gasteiger partial charge in [0.2, 0.25) is 0 Å². The van der Waals surface area contributed by atoms with E-state index < -0.39 is 11.9 Å². The Labute approximate surface area is 223 Å². The van der Waals surface area contributed by atoms with Crippen LogP contribution in [0.15, 0.2) is 36.7 Å². The lowest BCUT2D eigenvalue weighted by atomic mass is 9.75. The predicted molar refractivity (Wildman–Crippen MR) is 137 cm³/mol. The SMILES string of the molecule is C[C@H]1CN([C@@H](C)c2nc(C(F)(F)F)cc3c(-c4cccc(C5(Cc6nncn6C)COC5)c4)n[nH]c23)CCO1. The molecule has 5 heterocycles. The van der Waals surface area contributed by atoms with E-state index in [0.29, 0.717) is 61.6 Å². The molecule has 0 spiro atoms. The lowest BCUT2D eigenvalue weighted by Gasteiger charge is -2.41. The van der Waals surface area contributed by atoms with Gasteiger partial charge in [0, 0.05) is 42.9 Å². The number of rotatable bonds is 6. The van der Waals surface area contributed by atoms with Crippen molar-refractivity contribution < 1.29 is 22.6 Å². The van der Waals surface area contributed by atoms with E-state index in [1.807, 2.05) is 49.7 Å². The summed E-state index contributed by atoms with van der Waals surface area (Å²) in [7, 11) is 1.90. The van der Waals surface area contributed by atoms with Crippen molar-refractivity contribution in [3.05, 3.63) is 59.4 Å². The number of ether oxygens (including phenoxy) is 2. The maximum atomic E-state index is 14.0. The Bertz CT molecular complexity index is 1490. The predicted octanol–water partition coefficient (Wildman–Crippen LogP) is 4.06. The van der Waals surface area contributed by atoms with E-state index >= 15 is 0 Å². The number of aryl methyl sites for hydroxylation is 1. The molecule has 9 nitrogen and oxygen atoms in total. The molecule has 2 aliphatic heterocycles. The Kier molecular flexibility index (Phi) is 6.43. The van der Waals surface area contributed by atoms with Crippen molar-refractivity contribution in [2.24, 2.45) is 7.05 Å². The first kappa shape index (κ1) is 25.9. The quantitative estimate of drug-likeness (QED) is 0.393. The molecule has 0 saturated carbocycles. The number of halogens is 3. The largest absolute Gasteiger partial charge is 0.433 e. The number of nitrogens with zero attached hydrogens (tertiary/aromatic N) is 6. The van der Waals surface area contributed by atoms with Crippen LogP contribution in [0.4, 0.5) is 13.2 Å². The van der Waals surface area contributed by atoms with Gasteiger partial charge in [-0.05, 0) is 31.5 Å². The van der Waals surface area contributed by atoms with E-state index in [0.717, 1.165) is 23.0 Å². The molecule has 4 aromatic rings. The van der Waals surface area contributed by atoms with Crippen molar-refractivity contribution in [3.63, 3.8) is 0 Å². The number of hydrogen-bond donors (Lipinski definition) is 1. The lowest BCUT2D eigenvalue weighted by Crippen LogP contribution is -2.49. The summed E-state index contributed by atoms with van der Waals surface area (Å²) in [6.45, 7) is 6.63. The van der Waals surface area contributed by atoms with Gasteiger partial charge in [-0.1, -0.05) is 18.2 Å². The van der Waals surface area contributed by atoms with E-state index in [4.69, 9.17) is 9.47 Å². The second-order valence-electron chi connectivity index (χ2n) is 10.6. The minimum Gasteiger partial charge on any atom is -0.379 e. The molecule has 12 heteroatoms. The van der Waals surface area contributed by atoms with Gasteiger partial charge in [-0.2, -0.15) is 18.3 Å². The smallest absolute Gasteiger partial charge is 0.379 e. The Morgan fingerprint density at radius 1 is 1.23 bits per heavy atom. The topological polar surface area (TPSA) is 94.0 Å². The van der Waals surface area contributed by atoms with Gasteiger partial charge in [-0.25, -0.2) is 4.98 Å². The van der Waals surface area contributed by atoms with Gasteiger partial charge in [0.15, 0.2) is 0 Å². The summed E-state index contributed by atoms with van der Waals surface area (Å²) >= 11 is 0. The van der Waals surface area contributed by atoms with Gasteiger partial charge in [0.25, 0.3) is 0 Å². The average molecular weight is 542 g/mol. The molecule has 6 rings (SSSR count). The highest BCUT2D eigenvalue weighted by molar-refractivity contribution is 5.94. The monoisotopic (exact) mass is 541 g/mol. The second-order valence-corrected chi connectivity index (χ2v) is 10.6. The Morgan fingerprint density at radius 3 is 2.72 bits per heavy atom. The van der Waals surface area contributed by atoms with Crippen LogP contribution in [0.2, 0.25) is 0 Å². The molecule has 3 aromatic heterocycles. The molecule has 2 saturated heterocycles. The molecule has 0 amide bonds. The van der Waals surface area contributed by atoms with Crippen molar-refractivity contribution in [3.8, 4) is 11.3 Å². The summed E-state index contributed by atoms with van der Waals surface area (Å²) in [5, 5.41) is 16.1. The Balaban J connectivity index is 1.42. The molecule has 0 unspecified atom stereocenters. The first-order chi connectivity index (χ1) is 18.6. The molecule has 2 atom stereocenters. The maximum Gasteiger partial charge on any atom is 0.433 e. The molecule has 0 bridgehead atoms. The van der Waals surface area contributed by atoms with Crippen LogP contribution in [-0.2, 0) is 34.5 Å². The Morgan fingerprint density at radius 2 is 2.05 bits per heavy atom. The number of H-pyrrole nitrogens is 1. The van der Waals surface area contributed by atoms with Crippen LogP contribution < -0.4 is 0 Å². The number of morpholine rings is 1. The summed E-state index contributed by atoms with van der Waals surface area (Å²) in [6.07, 6.45) is -2.31. The number of aromatic amines is 1. The van der Waals surface area contributed by atoms with Crippen LogP contribution in [0.3, 0.4) is 0 Å². The summed E-state index contributed by atoms with van der Waals surface area (Å²) < 4.78 is 55.2.